The van der Waals surface area contributed by atoms with Crippen molar-refractivity contribution in [3.05, 3.63) is 30.3 Å². The number of anilines is 3. The van der Waals surface area contributed by atoms with E-state index < -0.39 is 18.4 Å². The van der Waals surface area contributed by atoms with Gasteiger partial charge >= 0.3 is 11.9 Å². The fourth-order valence-electron chi connectivity index (χ4n) is 1.48. The van der Waals surface area contributed by atoms with Crippen LogP contribution in [0.3, 0.4) is 0 Å². The molecule has 2 atom stereocenters. The van der Waals surface area contributed by atoms with Gasteiger partial charge in [0.2, 0.25) is 11.9 Å². The van der Waals surface area contributed by atoms with Gasteiger partial charge in [0.25, 0.3) is 0 Å². The minimum Gasteiger partial charge on any atom is -0.457 e. The highest BCUT2D eigenvalue weighted by molar-refractivity contribution is 7.17. The van der Waals surface area contributed by atoms with Crippen molar-refractivity contribution in [1.29, 1.82) is 0 Å². The minimum atomic E-state index is -3.66. The molecule has 2 N–H and O–H groups in total. The van der Waals surface area contributed by atoms with Crippen molar-refractivity contribution in [3.8, 4) is 6.01 Å². The molecule has 2 unspecified atom stereocenters. The van der Waals surface area contributed by atoms with Crippen molar-refractivity contribution < 1.29 is 17.9 Å². The second kappa shape index (κ2) is 7.41. The molecule has 0 saturated heterocycles. The summed E-state index contributed by atoms with van der Waals surface area (Å²) in [6, 6.07) is 8.67. The summed E-state index contributed by atoms with van der Waals surface area (Å²) in [5, 5.41) is 5.56. The van der Waals surface area contributed by atoms with Crippen LogP contribution in [0.5, 0.6) is 6.01 Å². The Balaban J connectivity index is 2.15. The SMILES string of the molecule is CNc1nc(Nc2ccccc2)nc(OCC(F)(F)C(F)P)n1. The van der Waals surface area contributed by atoms with E-state index in [0.717, 1.165) is 0 Å². The number of hydrogen-bond acceptors (Lipinski definition) is 6. The molecule has 0 bridgehead atoms. The van der Waals surface area contributed by atoms with Crippen LogP contribution in [0.25, 0.3) is 0 Å². The van der Waals surface area contributed by atoms with E-state index >= 15 is 0 Å². The maximum Gasteiger partial charge on any atom is 0.323 e. The van der Waals surface area contributed by atoms with Gasteiger partial charge in [-0.05, 0) is 12.1 Å². The molecule has 0 radical (unpaired) electrons. The van der Waals surface area contributed by atoms with Gasteiger partial charge in [0, 0.05) is 12.7 Å². The van der Waals surface area contributed by atoms with E-state index in [9.17, 15) is 13.2 Å². The van der Waals surface area contributed by atoms with Gasteiger partial charge in [0.1, 0.15) is 0 Å². The molecule has 10 heteroatoms. The second-order valence-electron chi connectivity index (χ2n) is 4.46. The second-order valence-corrected chi connectivity index (χ2v) is 5.04. The first-order valence-electron chi connectivity index (χ1n) is 6.57. The molecule has 0 amide bonds. The van der Waals surface area contributed by atoms with Crippen LogP contribution in [0.2, 0.25) is 0 Å². The van der Waals surface area contributed by atoms with Gasteiger partial charge < -0.3 is 15.4 Å². The topological polar surface area (TPSA) is 72.0 Å². The standard InChI is InChI=1S/C13H15F3N5OP/c1-17-10-19-11(18-8-5-3-2-4-6-8)21-12(20-10)22-7-13(15,16)9(14)23/h2-6,9H,7,23H2,1H3,(H2,17,18,19,20,21). The maximum atomic E-state index is 13.2. The molecule has 0 aliphatic carbocycles. The van der Waals surface area contributed by atoms with Gasteiger partial charge in [-0.1, -0.05) is 27.4 Å². The van der Waals surface area contributed by atoms with Crippen LogP contribution in [-0.2, 0) is 0 Å². The van der Waals surface area contributed by atoms with Gasteiger partial charge in [0.15, 0.2) is 12.5 Å². The summed E-state index contributed by atoms with van der Waals surface area (Å²) < 4.78 is 44.0. The quantitative estimate of drug-likeness (QED) is 0.752. The predicted octanol–water partition coefficient (Wildman–Crippen LogP) is 2.84. The summed E-state index contributed by atoms with van der Waals surface area (Å²) in [5.41, 5.74) is 0.700. The fourth-order valence-corrected chi connectivity index (χ4v) is 1.58. The van der Waals surface area contributed by atoms with Crippen LogP contribution in [0.15, 0.2) is 30.3 Å². The summed E-state index contributed by atoms with van der Waals surface area (Å²) in [6.45, 7) is -1.18. The van der Waals surface area contributed by atoms with Crippen LogP contribution in [0, 0.1) is 0 Å². The van der Waals surface area contributed by atoms with Crippen LogP contribution >= 0.6 is 9.24 Å². The molecule has 0 saturated carbocycles. The Bertz CT molecular complexity index is 645. The van der Waals surface area contributed by atoms with Crippen molar-refractivity contribution in [3.63, 3.8) is 0 Å². The molecule has 1 aromatic carbocycles. The van der Waals surface area contributed by atoms with E-state index in [4.69, 9.17) is 4.74 Å². The molecule has 0 aliphatic rings. The Labute approximate surface area is 133 Å². The number of ether oxygens (including phenoxy) is 1. The first-order valence-corrected chi connectivity index (χ1v) is 7.23. The van der Waals surface area contributed by atoms with E-state index in [1.54, 1.807) is 31.3 Å². The van der Waals surface area contributed by atoms with Crippen molar-refractivity contribution in [2.24, 2.45) is 0 Å². The largest absolute Gasteiger partial charge is 0.457 e. The first kappa shape index (κ1) is 17.2. The average molecular weight is 345 g/mol. The predicted molar refractivity (Wildman–Crippen MR) is 84.1 cm³/mol. The number of nitrogens with one attached hydrogen (secondary N) is 2. The molecule has 1 aromatic heterocycles. The Kier molecular flexibility index (Phi) is 5.54. The third-order valence-electron chi connectivity index (χ3n) is 2.67. The van der Waals surface area contributed by atoms with E-state index in [-0.39, 0.29) is 17.9 Å². The van der Waals surface area contributed by atoms with E-state index in [0.29, 0.717) is 5.69 Å². The molecule has 0 aliphatic heterocycles. The van der Waals surface area contributed by atoms with E-state index in [1.807, 2.05) is 6.07 Å². The zero-order chi connectivity index (χ0) is 16.9. The van der Waals surface area contributed by atoms with Crippen LogP contribution in [-0.4, -0.2) is 40.4 Å². The van der Waals surface area contributed by atoms with Gasteiger partial charge in [-0.3, -0.25) is 0 Å². The number of rotatable bonds is 7. The van der Waals surface area contributed by atoms with Crippen molar-refractivity contribution in [2.75, 3.05) is 24.3 Å². The summed E-state index contributed by atoms with van der Waals surface area (Å²) in [6.07, 6.45) is 0. The average Bonchev–Trinajstić information content (AvgIpc) is 2.53. The normalized spacial score (nSPS) is 12.6. The molecule has 6 nitrogen and oxygen atoms in total. The van der Waals surface area contributed by atoms with Gasteiger partial charge in [-0.25, -0.2) is 4.39 Å². The number of aromatic nitrogens is 3. The number of benzene rings is 1. The highest BCUT2D eigenvalue weighted by Crippen LogP contribution is 2.27. The minimum absolute atomic E-state index is 0.108. The van der Waals surface area contributed by atoms with Crippen molar-refractivity contribution in [1.82, 2.24) is 15.0 Å². The van der Waals surface area contributed by atoms with Crippen LogP contribution in [0.1, 0.15) is 0 Å². The highest BCUT2D eigenvalue weighted by Gasteiger charge is 2.38. The smallest absolute Gasteiger partial charge is 0.323 e. The van der Waals surface area contributed by atoms with Crippen molar-refractivity contribution >= 4 is 26.8 Å². The lowest BCUT2D eigenvalue weighted by molar-refractivity contribution is -0.0731. The van der Waals surface area contributed by atoms with Crippen molar-refractivity contribution in [2.45, 2.75) is 11.8 Å². The zero-order valence-electron chi connectivity index (χ0n) is 12.1. The molecule has 23 heavy (non-hydrogen) atoms. The summed E-state index contributed by atoms with van der Waals surface area (Å²) in [5.74, 6) is -5.85. The number of nitrogens with zero attached hydrogens (tertiary/aromatic N) is 3. The highest BCUT2D eigenvalue weighted by atomic mass is 31.0. The fraction of sp³-hybridized carbons (Fsp3) is 0.308. The molecule has 2 aromatic rings. The molecule has 2 rings (SSSR count). The summed E-state index contributed by atoms with van der Waals surface area (Å²) >= 11 is 0. The monoisotopic (exact) mass is 345 g/mol. The zero-order valence-corrected chi connectivity index (χ0v) is 13.3. The molecular weight excluding hydrogens is 330 g/mol. The third kappa shape index (κ3) is 4.92. The Morgan fingerprint density at radius 1 is 1.17 bits per heavy atom. The third-order valence-corrected chi connectivity index (χ3v) is 3.15. The lowest BCUT2D eigenvalue weighted by Crippen LogP contribution is -2.33. The van der Waals surface area contributed by atoms with Crippen LogP contribution in [0.4, 0.5) is 30.8 Å². The first-order chi connectivity index (χ1) is 10.9. The molecule has 0 spiro atoms. The number of alkyl halides is 3. The lowest BCUT2D eigenvalue weighted by Gasteiger charge is -2.17. The molecule has 1 heterocycles. The summed E-state index contributed by atoms with van der Waals surface area (Å²) in [4.78, 5) is 11.7. The van der Waals surface area contributed by atoms with Crippen LogP contribution < -0.4 is 15.4 Å². The molecular formula is C13H15F3N5OP. The van der Waals surface area contributed by atoms with Gasteiger partial charge in [-0.2, -0.15) is 23.7 Å². The van der Waals surface area contributed by atoms with E-state index in [2.05, 4.69) is 25.6 Å². The number of para-hydroxylation sites is 1. The Hall–Kier alpha value is -2.15. The Morgan fingerprint density at radius 2 is 1.83 bits per heavy atom. The molecule has 0 fully saturated rings. The number of hydrogen-bond donors (Lipinski definition) is 2. The van der Waals surface area contributed by atoms with Gasteiger partial charge in [-0.15, -0.1) is 0 Å². The number of halogens is 3. The van der Waals surface area contributed by atoms with E-state index in [1.165, 1.54) is 9.24 Å². The molecule has 124 valence electrons. The maximum absolute atomic E-state index is 13.2. The summed E-state index contributed by atoms with van der Waals surface area (Å²) in [7, 11) is 2.95. The lowest BCUT2D eigenvalue weighted by atomic mass is 10.3. The van der Waals surface area contributed by atoms with Gasteiger partial charge in [0.05, 0.1) is 0 Å². The Morgan fingerprint density at radius 3 is 2.43 bits per heavy atom.